The summed E-state index contributed by atoms with van der Waals surface area (Å²) in [7, 11) is 0. The van der Waals surface area contributed by atoms with Crippen molar-refractivity contribution in [2.45, 2.75) is 39.7 Å². The van der Waals surface area contributed by atoms with E-state index in [1.54, 1.807) is 25.1 Å². The van der Waals surface area contributed by atoms with Crippen molar-refractivity contribution >= 4 is 11.7 Å². The molecule has 0 saturated heterocycles. The SMILES string of the molecule is CCCON=C(COc1cccc(CC(OCC)C(=O)OCC)c1)c1nnc(-c2ccc(F)cc2)o1. The van der Waals surface area contributed by atoms with Gasteiger partial charge >= 0.3 is 5.97 Å². The van der Waals surface area contributed by atoms with Crippen LogP contribution in [-0.4, -0.2) is 54.4 Å². The van der Waals surface area contributed by atoms with Gasteiger partial charge in [-0.3, -0.25) is 0 Å². The lowest BCUT2D eigenvalue weighted by Crippen LogP contribution is -2.29. The molecule has 0 bridgehead atoms. The average molecular weight is 500 g/mol. The van der Waals surface area contributed by atoms with Crippen molar-refractivity contribution in [3.8, 4) is 17.2 Å². The second-order valence-electron chi connectivity index (χ2n) is 7.63. The number of halogens is 1. The van der Waals surface area contributed by atoms with Crippen molar-refractivity contribution in [2.75, 3.05) is 26.4 Å². The monoisotopic (exact) mass is 499 g/mol. The molecule has 3 rings (SSSR count). The normalized spacial score (nSPS) is 12.3. The molecule has 0 N–H and O–H groups in total. The molecule has 2 aromatic carbocycles. The quantitative estimate of drug-likeness (QED) is 0.137. The van der Waals surface area contributed by atoms with Crippen LogP contribution < -0.4 is 4.74 Å². The van der Waals surface area contributed by atoms with Gasteiger partial charge in [0.1, 0.15) is 24.8 Å². The molecule has 3 aromatic rings. The first-order valence-corrected chi connectivity index (χ1v) is 11.8. The van der Waals surface area contributed by atoms with Crippen LogP contribution in [0.1, 0.15) is 38.6 Å². The van der Waals surface area contributed by atoms with Crippen LogP contribution in [0.4, 0.5) is 4.39 Å². The number of rotatable bonds is 14. The first kappa shape index (κ1) is 26.8. The lowest BCUT2D eigenvalue weighted by atomic mass is 10.1. The summed E-state index contributed by atoms with van der Waals surface area (Å²) in [5.74, 6) is 0.130. The van der Waals surface area contributed by atoms with Crippen LogP contribution in [0.15, 0.2) is 58.1 Å². The van der Waals surface area contributed by atoms with Crippen molar-refractivity contribution in [1.29, 1.82) is 0 Å². The highest BCUT2D eigenvalue weighted by molar-refractivity contribution is 5.97. The molecule has 0 aliphatic rings. The number of carbonyl (C=O) groups excluding carboxylic acids is 1. The van der Waals surface area contributed by atoms with Gasteiger partial charge in [0.15, 0.2) is 11.8 Å². The standard InChI is InChI=1S/C26H30FN3O6/c1-4-14-35-30-22(25-29-28-24(36-25)19-10-12-20(27)13-11-19)17-34-21-9-7-8-18(15-21)16-23(32-5-2)26(31)33-6-3/h7-13,15,23H,4-6,14,16-17H2,1-3H3. The van der Waals surface area contributed by atoms with Crippen LogP contribution in [0, 0.1) is 5.82 Å². The minimum Gasteiger partial charge on any atom is -0.487 e. The zero-order chi connectivity index (χ0) is 25.8. The molecule has 1 unspecified atom stereocenters. The number of benzene rings is 2. The highest BCUT2D eigenvalue weighted by atomic mass is 19.1. The van der Waals surface area contributed by atoms with E-state index in [1.165, 1.54) is 12.1 Å². The molecule has 0 saturated carbocycles. The molecule has 0 aliphatic heterocycles. The Bertz CT molecular complexity index is 1130. The maximum absolute atomic E-state index is 13.2. The Morgan fingerprint density at radius 1 is 1.08 bits per heavy atom. The topological polar surface area (TPSA) is 105 Å². The molecule has 1 atom stereocenters. The molecule has 10 heteroatoms. The molecule has 192 valence electrons. The summed E-state index contributed by atoms with van der Waals surface area (Å²) < 4.78 is 35.6. The summed E-state index contributed by atoms with van der Waals surface area (Å²) in [5, 5.41) is 12.2. The molecule has 0 amide bonds. The fraction of sp³-hybridized carbons (Fsp3) is 0.385. The van der Waals surface area contributed by atoms with Gasteiger partial charge in [-0.15, -0.1) is 10.2 Å². The van der Waals surface area contributed by atoms with Crippen LogP contribution >= 0.6 is 0 Å². The Morgan fingerprint density at radius 2 is 1.89 bits per heavy atom. The third-order valence-electron chi connectivity index (χ3n) is 4.85. The van der Waals surface area contributed by atoms with Gasteiger partial charge < -0.3 is 23.5 Å². The molecule has 0 radical (unpaired) electrons. The van der Waals surface area contributed by atoms with Gasteiger partial charge in [0, 0.05) is 18.6 Å². The van der Waals surface area contributed by atoms with Gasteiger partial charge in [-0.2, -0.15) is 0 Å². The largest absolute Gasteiger partial charge is 0.487 e. The molecule has 0 fully saturated rings. The number of nitrogens with zero attached hydrogens (tertiary/aromatic N) is 3. The summed E-state index contributed by atoms with van der Waals surface area (Å²) in [4.78, 5) is 17.5. The fourth-order valence-electron chi connectivity index (χ4n) is 3.17. The Balaban J connectivity index is 1.72. The highest BCUT2D eigenvalue weighted by Crippen LogP contribution is 2.20. The van der Waals surface area contributed by atoms with E-state index < -0.39 is 12.1 Å². The van der Waals surface area contributed by atoms with Crippen LogP contribution in [-0.2, 0) is 25.5 Å². The molecule has 0 aliphatic carbocycles. The molecule has 36 heavy (non-hydrogen) atoms. The minimum atomic E-state index is -0.701. The third-order valence-corrected chi connectivity index (χ3v) is 4.85. The number of oxime groups is 1. The van der Waals surface area contributed by atoms with Crippen LogP contribution in [0.3, 0.4) is 0 Å². The maximum atomic E-state index is 13.2. The van der Waals surface area contributed by atoms with Crippen molar-refractivity contribution < 1.29 is 32.7 Å². The lowest BCUT2D eigenvalue weighted by Gasteiger charge is -2.16. The molecule has 1 aromatic heterocycles. The molecule has 1 heterocycles. The highest BCUT2D eigenvalue weighted by Gasteiger charge is 2.21. The smallest absolute Gasteiger partial charge is 0.335 e. The number of esters is 1. The summed E-state index contributed by atoms with van der Waals surface area (Å²) in [6.45, 7) is 6.61. The Morgan fingerprint density at radius 3 is 2.61 bits per heavy atom. The maximum Gasteiger partial charge on any atom is 0.335 e. The van der Waals surface area contributed by atoms with E-state index in [1.807, 2.05) is 32.0 Å². The van der Waals surface area contributed by atoms with Gasteiger partial charge in [-0.25, -0.2) is 9.18 Å². The van der Waals surface area contributed by atoms with E-state index >= 15 is 0 Å². The van der Waals surface area contributed by atoms with Crippen molar-refractivity contribution in [3.05, 3.63) is 65.8 Å². The number of ether oxygens (including phenoxy) is 3. The van der Waals surface area contributed by atoms with Gasteiger partial charge in [0.2, 0.25) is 5.89 Å². The number of hydrogen-bond acceptors (Lipinski definition) is 9. The van der Waals surface area contributed by atoms with Crippen LogP contribution in [0.5, 0.6) is 5.75 Å². The summed E-state index contributed by atoms with van der Waals surface area (Å²) in [6.07, 6.45) is 0.411. The Hall–Kier alpha value is -3.79. The van der Waals surface area contributed by atoms with E-state index in [0.717, 1.165) is 12.0 Å². The van der Waals surface area contributed by atoms with E-state index in [-0.39, 0.29) is 30.8 Å². The van der Waals surface area contributed by atoms with Crippen molar-refractivity contribution in [3.63, 3.8) is 0 Å². The van der Waals surface area contributed by atoms with E-state index in [4.69, 9.17) is 23.5 Å². The number of carbonyl (C=O) groups is 1. The molecular formula is C26H30FN3O6. The summed E-state index contributed by atoms with van der Waals surface area (Å²) in [6, 6.07) is 13.0. The zero-order valence-electron chi connectivity index (χ0n) is 20.6. The van der Waals surface area contributed by atoms with E-state index in [2.05, 4.69) is 15.4 Å². The number of hydrogen-bond donors (Lipinski definition) is 0. The van der Waals surface area contributed by atoms with E-state index in [0.29, 0.717) is 36.7 Å². The van der Waals surface area contributed by atoms with Gasteiger partial charge in [0.05, 0.1) is 6.61 Å². The van der Waals surface area contributed by atoms with Gasteiger partial charge in [-0.05, 0) is 62.2 Å². The van der Waals surface area contributed by atoms with Crippen LogP contribution in [0.2, 0.25) is 0 Å². The Labute approximate surface area is 209 Å². The van der Waals surface area contributed by atoms with Crippen molar-refractivity contribution in [2.24, 2.45) is 5.16 Å². The molecular weight excluding hydrogens is 469 g/mol. The average Bonchev–Trinajstić information content (AvgIpc) is 3.37. The van der Waals surface area contributed by atoms with Crippen LogP contribution in [0.25, 0.3) is 11.5 Å². The minimum absolute atomic E-state index is 0.00894. The number of aromatic nitrogens is 2. The molecule has 9 nitrogen and oxygen atoms in total. The van der Waals surface area contributed by atoms with Gasteiger partial charge in [-0.1, -0.05) is 24.2 Å². The predicted octanol–water partition coefficient (Wildman–Crippen LogP) is 4.60. The first-order valence-electron chi connectivity index (χ1n) is 11.8. The Kier molecular flexibility index (Phi) is 10.4. The van der Waals surface area contributed by atoms with E-state index in [9.17, 15) is 9.18 Å². The third kappa shape index (κ3) is 7.88. The second kappa shape index (κ2) is 13.9. The predicted molar refractivity (Wildman–Crippen MR) is 130 cm³/mol. The molecule has 0 spiro atoms. The summed E-state index contributed by atoms with van der Waals surface area (Å²) >= 11 is 0. The fourth-order valence-corrected chi connectivity index (χ4v) is 3.17. The second-order valence-corrected chi connectivity index (χ2v) is 7.63. The van der Waals surface area contributed by atoms with Crippen molar-refractivity contribution in [1.82, 2.24) is 10.2 Å². The lowest BCUT2D eigenvalue weighted by molar-refractivity contribution is -0.156. The summed E-state index contributed by atoms with van der Waals surface area (Å²) in [5.41, 5.74) is 1.72. The van der Waals surface area contributed by atoms with Gasteiger partial charge in [0.25, 0.3) is 5.89 Å². The first-order chi connectivity index (χ1) is 17.5. The zero-order valence-corrected chi connectivity index (χ0v) is 20.6.